The van der Waals surface area contributed by atoms with E-state index in [4.69, 9.17) is 0 Å². The Labute approximate surface area is 81.4 Å². The summed E-state index contributed by atoms with van der Waals surface area (Å²) in [7, 11) is -3.08. The average molecular weight is 215 g/mol. The van der Waals surface area contributed by atoms with Crippen molar-refractivity contribution in [2.45, 2.75) is 5.75 Å². The molecule has 0 unspecified atom stereocenters. The summed E-state index contributed by atoms with van der Waals surface area (Å²) in [4.78, 5) is 9.76. The van der Waals surface area contributed by atoms with Crippen molar-refractivity contribution in [2.75, 3.05) is 6.26 Å². The summed E-state index contributed by atoms with van der Waals surface area (Å²) in [6.45, 7) is 0. The van der Waals surface area contributed by atoms with E-state index >= 15 is 0 Å². The zero-order chi connectivity index (χ0) is 10.8. The monoisotopic (exact) mass is 215 g/mol. The molecule has 5 nitrogen and oxygen atoms in total. The lowest BCUT2D eigenvalue weighted by Crippen LogP contribution is -2.00. The van der Waals surface area contributed by atoms with Crippen molar-refractivity contribution in [3.63, 3.8) is 0 Å². The van der Waals surface area contributed by atoms with Gasteiger partial charge in [0.25, 0.3) is 5.69 Å². The van der Waals surface area contributed by atoms with Gasteiger partial charge in [0.2, 0.25) is 0 Å². The molecule has 76 valence electrons. The molecule has 1 rings (SSSR count). The summed E-state index contributed by atoms with van der Waals surface area (Å²) in [5.74, 6) is -0.0923. The minimum absolute atomic E-state index is 0.0396. The van der Waals surface area contributed by atoms with Gasteiger partial charge in [0.15, 0.2) is 9.84 Å². The Morgan fingerprint density at radius 1 is 1.29 bits per heavy atom. The van der Waals surface area contributed by atoms with E-state index in [1.165, 1.54) is 24.3 Å². The number of nitro benzene ring substituents is 1. The number of nitro groups is 1. The molecule has 0 saturated heterocycles. The highest BCUT2D eigenvalue weighted by molar-refractivity contribution is 7.89. The van der Waals surface area contributed by atoms with Crippen LogP contribution in [0.4, 0.5) is 5.69 Å². The van der Waals surface area contributed by atoms with Gasteiger partial charge in [-0.1, -0.05) is 12.1 Å². The third-order valence-corrected chi connectivity index (χ3v) is 2.43. The zero-order valence-corrected chi connectivity index (χ0v) is 8.32. The van der Waals surface area contributed by atoms with Crippen LogP contribution in [0, 0.1) is 10.1 Å². The molecule has 0 aliphatic rings. The summed E-state index contributed by atoms with van der Waals surface area (Å²) >= 11 is 0. The largest absolute Gasteiger partial charge is 0.269 e. The molecule has 0 fully saturated rings. The SMILES string of the molecule is CS(=O)(=O)Cc1ccc([N+](=O)[O-])cc1. The van der Waals surface area contributed by atoms with Crippen LogP contribution in [0.3, 0.4) is 0 Å². The molecule has 1 aromatic carbocycles. The Morgan fingerprint density at radius 2 is 1.79 bits per heavy atom. The summed E-state index contributed by atoms with van der Waals surface area (Å²) in [5, 5.41) is 10.3. The van der Waals surface area contributed by atoms with Gasteiger partial charge in [-0.3, -0.25) is 10.1 Å². The van der Waals surface area contributed by atoms with Crippen molar-refractivity contribution in [3.8, 4) is 0 Å². The Bertz CT molecular complexity index is 435. The van der Waals surface area contributed by atoms with Crippen molar-refractivity contribution in [3.05, 3.63) is 39.9 Å². The van der Waals surface area contributed by atoms with Crippen molar-refractivity contribution < 1.29 is 13.3 Å². The quantitative estimate of drug-likeness (QED) is 0.559. The molecular weight excluding hydrogens is 206 g/mol. The van der Waals surface area contributed by atoms with Crippen LogP contribution in [0.5, 0.6) is 0 Å². The lowest BCUT2D eigenvalue weighted by atomic mass is 10.2. The fourth-order valence-electron chi connectivity index (χ4n) is 1.02. The lowest BCUT2D eigenvalue weighted by Gasteiger charge is -1.98. The van der Waals surface area contributed by atoms with Gasteiger partial charge in [0, 0.05) is 18.4 Å². The van der Waals surface area contributed by atoms with Gasteiger partial charge in [-0.25, -0.2) is 8.42 Å². The van der Waals surface area contributed by atoms with E-state index in [1.54, 1.807) is 0 Å². The van der Waals surface area contributed by atoms with Gasteiger partial charge in [-0.05, 0) is 5.56 Å². The first kappa shape index (κ1) is 10.6. The van der Waals surface area contributed by atoms with Gasteiger partial charge in [0.05, 0.1) is 10.7 Å². The Balaban J connectivity index is 2.90. The van der Waals surface area contributed by atoms with E-state index in [2.05, 4.69) is 0 Å². The Kier molecular flexibility index (Phi) is 2.85. The number of hydrogen-bond donors (Lipinski definition) is 0. The standard InChI is InChI=1S/C8H9NO4S/c1-14(12,13)6-7-2-4-8(5-3-7)9(10)11/h2-5H,6H2,1H3. The smallest absolute Gasteiger partial charge is 0.258 e. The average Bonchev–Trinajstić information content (AvgIpc) is 2.02. The first-order valence-electron chi connectivity index (χ1n) is 3.79. The second-order valence-electron chi connectivity index (χ2n) is 2.99. The van der Waals surface area contributed by atoms with E-state index in [0.29, 0.717) is 5.56 Å². The van der Waals surface area contributed by atoms with Crippen LogP contribution >= 0.6 is 0 Å². The second kappa shape index (κ2) is 3.75. The van der Waals surface area contributed by atoms with Gasteiger partial charge < -0.3 is 0 Å². The Morgan fingerprint density at radius 3 is 2.14 bits per heavy atom. The molecule has 0 heterocycles. The maximum absolute atomic E-state index is 10.9. The number of benzene rings is 1. The van der Waals surface area contributed by atoms with Crippen LogP contribution in [0.15, 0.2) is 24.3 Å². The van der Waals surface area contributed by atoms with E-state index in [1.807, 2.05) is 0 Å². The lowest BCUT2D eigenvalue weighted by molar-refractivity contribution is -0.384. The highest BCUT2D eigenvalue weighted by Gasteiger charge is 2.07. The van der Waals surface area contributed by atoms with E-state index in [0.717, 1.165) is 6.26 Å². The maximum atomic E-state index is 10.9. The van der Waals surface area contributed by atoms with Crippen LogP contribution in [-0.2, 0) is 15.6 Å². The Hall–Kier alpha value is -1.43. The van der Waals surface area contributed by atoms with Crippen molar-refractivity contribution in [1.82, 2.24) is 0 Å². The summed E-state index contributed by atoms with van der Waals surface area (Å²) in [6, 6.07) is 5.47. The van der Waals surface area contributed by atoms with Gasteiger partial charge in [-0.15, -0.1) is 0 Å². The van der Waals surface area contributed by atoms with E-state index in [-0.39, 0.29) is 11.4 Å². The molecule has 0 amide bonds. The molecular formula is C8H9NO4S. The van der Waals surface area contributed by atoms with Crippen LogP contribution in [0.25, 0.3) is 0 Å². The first-order chi connectivity index (χ1) is 6.38. The predicted octanol–water partition coefficient (Wildman–Crippen LogP) is 1.14. The third-order valence-electron chi connectivity index (χ3n) is 1.58. The number of rotatable bonds is 3. The van der Waals surface area contributed by atoms with Gasteiger partial charge >= 0.3 is 0 Å². The molecule has 1 aromatic rings. The first-order valence-corrected chi connectivity index (χ1v) is 5.85. The zero-order valence-electron chi connectivity index (χ0n) is 7.50. The molecule has 14 heavy (non-hydrogen) atoms. The van der Waals surface area contributed by atoms with Crippen molar-refractivity contribution >= 4 is 15.5 Å². The van der Waals surface area contributed by atoms with E-state index < -0.39 is 14.8 Å². The minimum Gasteiger partial charge on any atom is -0.258 e. The predicted molar refractivity (Wildman–Crippen MR) is 51.6 cm³/mol. The molecule has 0 aromatic heterocycles. The number of sulfone groups is 1. The highest BCUT2D eigenvalue weighted by Crippen LogP contribution is 2.13. The number of nitrogens with zero attached hydrogens (tertiary/aromatic N) is 1. The van der Waals surface area contributed by atoms with Crippen LogP contribution in [0.2, 0.25) is 0 Å². The molecule has 0 bridgehead atoms. The third kappa shape index (κ3) is 3.14. The summed E-state index contributed by atoms with van der Waals surface area (Å²) < 4.78 is 21.8. The molecule has 6 heteroatoms. The molecule has 0 aliphatic heterocycles. The van der Waals surface area contributed by atoms with Gasteiger partial charge in [-0.2, -0.15) is 0 Å². The fourth-order valence-corrected chi connectivity index (χ4v) is 1.81. The van der Waals surface area contributed by atoms with Crippen LogP contribution < -0.4 is 0 Å². The summed E-state index contributed by atoms with van der Waals surface area (Å²) in [6.07, 6.45) is 1.12. The minimum atomic E-state index is -3.08. The molecule has 0 radical (unpaired) electrons. The molecule has 0 atom stereocenters. The normalized spacial score (nSPS) is 11.2. The van der Waals surface area contributed by atoms with E-state index in [9.17, 15) is 18.5 Å². The van der Waals surface area contributed by atoms with Crippen LogP contribution in [-0.4, -0.2) is 19.6 Å². The fraction of sp³-hybridized carbons (Fsp3) is 0.250. The molecule has 0 spiro atoms. The highest BCUT2D eigenvalue weighted by atomic mass is 32.2. The van der Waals surface area contributed by atoms with Crippen molar-refractivity contribution in [1.29, 1.82) is 0 Å². The van der Waals surface area contributed by atoms with Gasteiger partial charge in [0.1, 0.15) is 0 Å². The maximum Gasteiger partial charge on any atom is 0.269 e. The van der Waals surface area contributed by atoms with Crippen LogP contribution in [0.1, 0.15) is 5.56 Å². The van der Waals surface area contributed by atoms with Crippen molar-refractivity contribution in [2.24, 2.45) is 0 Å². The molecule has 0 N–H and O–H groups in total. The number of hydrogen-bond acceptors (Lipinski definition) is 4. The molecule has 0 saturated carbocycles. The summed E-state index contributed by atoms with van der Waals surface area (Å²) in [5.41, 5.74) is 0.514. The second-order valence-corrected chi connectivity index (χ2v) is 5.13. The molecule has 0 aliphatic carbocycles. The number of non-ortho nitro benzene ring substituents is 1. The topological polar surface area (TPSA) is 77.3 Å².